The number of hydrogen-bond donors (Lipinski definition) is 0. The number of benzene rings is 1. The smallest absolute Gasteiger partial charge is 0.235 e. The van der Waals surface area contributed by atoms with Crippen molar-refractivity contribution in [1.82, 2.24) is 0 Å². The first-order valence-electron chi connectivity index (χ1n) is 5.05. The number of isocyanates is 1. The molecule has 2 aliphatic rings. The van der Waals surface area contributed by atoms with Crippen LogP contribution in [0.5, 0.6) is 11.5 Å². The molecule has 0 saturated heterocycles. The first kappa shape index (κ1) is 10.6. The number of nitrogens with zero attached hydrogens (tertiary/aromatic N) is 1. The van der Waals surface area contributed by atoms with E-state index in [0.29, 0.717) is 24.3 Å². The van der Waals surface area contributed by atoms with Crippen molar-refractivity contribution in [3.05, 3.63) is 22.5 Å². The Morgan fingerprint density at radius 1 is 1.47 bits per heavy atom. The van der Waals surface area contributed by atoms with Crippen molar-refractivity contribution in [2.45, 2.75) is 18.4 Å². The van der Waals surface area contributed by atoms with Crippen LogP contribution >= 0.6 is 11.6 Å². The van der Waals surface area contributed by atoms with Crippen LogP contribution in [-0.4, -0.2) is 12.9 Å². The molecule has 1 aromatic carbocycles. The zero-order valence-corrected chi connectivity index (χ0v) is 9.38. The average molecular weight is 256 g/mol. The Bertz CT molecular complexity index is 550. The predicted molar refractivity (Wildman–Crippen MR) is 56.6 cm³/mol. The second kappa shape index (κ2) is 3.45. The van der Waals surface area contributed by atoms with Gasteiger partial charge in [0, 0.05) is 6.07 Å². The summed E-state index contributed by atoms with van der Waals surface area (Å²) in [6.45, 7) is 0.0169. The summed E-state index contributed by atoms with van der Waals surface area (Å²) in [6, 6.07) is 1.36. The highest BCUT2D eigenvalue weighted by Gasteiger charge is 2.50. The van der Waals surface area contributed by atoms with Gasteiger partial charge in [0.05, 0.1) is 10.6 Å². The van der Waals surface area contributed by atoms with Crippen LogP contribution in [0.15, 0.2) is 11.1 Å². The molecule has 0 unspecified atom stereocenters. The lowest BCUT2D eigenvalue weighted by Crippen LogP contribution is -2.08. The summed E-state index contributed by atoms with van der Waals surface area (Å²) < 4.78 is 24.4. The van der Waals surface area contributed by atoms with Crippen molar-refractivity contribution in [1.29, 1.82) is 0 Å². The lowest BCUT2D eigenvalue weighted by molar-refractivity contribution is 0.172. The van der Waals surface area contributed by atoms with E-state index in [0.717, 1.165) is 0 Å². The fraction of sp³-hybridized carbons (Fsp3) is 0.364. The minimum Gasteiger partial charge on any atom is -0.454 e. The van der Waals surface area contributed by atoms with E-state index in [1.165, 1.54) is 12.1 Å². The minimum absolute atomic E-state index is 0.0169. The number of rotatable bonds is 2. The van der Waals surface area contributed by atoms with E-state index in [1.54, 1.807) is 0 Å². The van der Waals surface area contributed by atoms with Gasteiger partial charge in [0.2, 0.25) is 12.9 Å². The van der Waals surface area contributed by atoms with Crippen LogP contribution in [0.2, 0.25) is 5.02 Å². The second-order valence-electron chi connectivity index (χ2n) is 4.02. The molecule has 3 rings (SSSR count). The molecule has 6 heteroatoms. The molecule has 17 heavy (non-hydrogen) atoms. The average Bonchev–Trinajstić information content (AvgIpc) is 2.91. The molecule has 0 atom stereocenters. The first-order valence-corrected chi connectivity index (χ1v) is 5.43. The summed E-state index contributed by atoms with van der Waals surface area (Å²) in [7, 11) is 0. The van der Waals surface area contributed by atoms with Crippen LogP contribution in [-0.2, 0) is 10.3 Å². The molecule has 0 aromatic heterocycles. The van der Waals surface area contributed by atoms with Crippen LogP contribution < -0.4 is 9.47 Å². The van der Waals surface area contributed by atoms with Crippen LogP contribution in [0, 0.1) is 5.82 Å². The van der Waals surface area contributed by atoms with E-state index >= 15 is 0 Å². The van der Waals surface area contributed by atoms with Crippen molar-refractivity contribution in [3.8, 4) is 11.5 Å². The largest absolute Gasteiger partial charge is 0.454 e. The Morgan fingerprint density at radius 3 is 2.88 bits per heavy atom. The molecule has 1 saturated carbocycles. The van der Waals surface area contributed by atoms with Gasteiger partial charge in [0.25, 0.3) is 0 Å². The standard InChI is InChI=1S/C11H7ClFNO3/c12-6-3-7-10(17-5-16-7)8(9(6)13)11(1-2-11)14-4-15/h3H,1-2,5H2. The van der Waals surface area contributed by atoms with Crippen molar-refractivity contribution in [2.75, 3.05) is 6.79 Å². The molecule has 1 fully saturated rings. The SMILES string of the molecule is O=C=NC1(c2c(F)c(Cl)cc3c2OCO3)CC1. The summed E-state index contributed by atoms with van der Waals surface area (Å²) in [5, 5.41) is -0.0587. The molecule has 1 aliphatic heterocycles. The van der Waals surface area contributed by atoms with Crippen LogP contribution in [0.3, 0.4) is 0 Å². The first-order chi connectivity index (χ1) is 8.18. The third-order valence-electron chi connectivity index (χ3n) is 3.00. The number of fused-ring (bicyclic) bond motifs is 1. The number of ether oxygens (including phenoxy) is 2. The maximum atomic E-state index is 14.1. The Kier molecular flexibility index (Phi) is 2.15. The van der Waals surface area contributed by atoms with Crippen LogP contribution in [0.4, 0.5) is 4.39 Å². The molecule has 0 radical (unpaired) electrons. The Balaban J connectivity index is 2.25. The molecule has 0 amide bonds. The van der Waals surface area contributed by atoms with Crippen molar-refractivity contribution in [3.63, 3.8) is 0 Å². The summed E-state index contributed by atoms with van der Waals surface area (Å²) in [4.78, 5) is 14.1. The molecule has 1 aromatic rings. The third-order valence-corrected chi connectivity index (χ3v) is 3.28. The second-order valence-corrected chi connectivity index (χ2v) is 4.42. The molecular weight excluding hydrogens is 249 g/mol. The summed E-state index contributed by atoms with van der Waals surface area (Å²) in [5.41, 5.74) is -0.657. The fourth-order valence-electron chi connectivity index (χ4n) is 2.03. The zero-order chi connectivity index (χ0) is 12.0. The Hall–Kier alpha value is -1.58. The molecule has 4 nitrogen and oxygen atoms in total. The summed E-state index contributed by atoms with van der Waals surface area (Å²) in [6.07, 6.45) is 2.63. The van der Waals surface area contributed by atoms with Gasteiger partial charge in [-0.05, 0) is 12.8 Å². The van der Waals surface area contributed by atoms with Gasteiger partial charge in [-0.1, -0.05) is 11.6 Å². The van der Waals surface area contributed by atoms with Crippen LogP contribution in [0.25, 0.3) is 0 Å². The lowest BCUT2D eigenvalue weighted by atomic mass is 10.0. The lowest BCUT2D eigenvalue weighted by Gasteiger charge is -2.13. The van der Waals surface area contributed by atoms with Gasteiger partial charge in [-0.25, -0.2) is 9.18 Å². The van der Waals surface area contributed by atoms with E-state index in [-0.39, 0.29) is 17.4 Å². The van der Waals surface area contributed by atoms with E-state index < -0.39 is 11.4 Å². The van der Waals surface area contributed by atoms with Gasteiger partial charge >= 0.3 is 0 Å². The van der Waals surface area contributed by atoms with Gasteiger partial charge in [0.15, 0.2) is 17.3 Å². The number of hydrogen-bond acceptors (Lipinski definition) is 4. The van der Waals surface area contributed by atoms with E-state index in [9.17, 15) is 9.18 Å². The summed E-state index contributed by atoms with van der Waals surface area (Å²) in [5.74, 6) is 0.0783. The molecule has 1 heterocycles. The van der Waals surface area contributed by atoms with Gasteiger partial charge in [0.1, 0.15) is 5.54 Å². The van der Waals surface area contributed by atoms with E-state index in [4.69, 9.17) is 21.1 Å². The number of aliphatic imine (C=N–C) groups is 1. The molecule has 0 N–H and O–H groups in total. The Morgan fingerprint density at radius 2 is 2.24 bits per heavy atom. The molecule has 88 valence electrons. The van der Waals surface area contributed by atoms with Crippen LogP contribution in [0.1, 0.15) is 18.4 Å². The topological polar surface area (TPSA) is 47.9 Å². The third kappa shape index (κ3) is 1.43. The zero-order valence-electron chi connectivity index (χ0n) is 8.63. The molecule has 1 aliphatic carbocycles. The monoisotopic (exact) mass is 255 g/mol. The maximum absolute atomic E-state index is 14.1. The molecular formula is C11H7ClFNO3. The van der Waals surface area contributed by atoms with Gasteiger partial charge in [-0.2, -0.15) is 4.99 Å². The normalized spacial score (nSPS) is 18.7. The van der Waals surface area contributed by atoms with E-state index in [1.807, 2.05) is 0 Å². The summed E-state index contributed by atoms with van der Waals surface area (Å²) >= 11 is 5.78. The number of carbonyl (C=O) groups excluding carboxylic acids is 1. The number of halogens is 2. The Labute approximate surface area is 101 Å². The van der Waals surface area contributed by atoms with Gasteiger partial charge in [-0.3, -0.25) is 0 Å². The van der Waals surface area contributed by atoms with Crippen molar-refractivity contribution < 1.29 is 18.7 Å². The van der Waals surface area contributed by atoms with Crippen molar-refractivity contribution >= 4 is 17.7 Å². The van der Waals surface area contributed by atoms with Crippen molar-refractivity contribution in [2.24, 2.45) is 4.99 Å². The quantitative estimate of drug-likeness (QED) is 0.603. The van der Waals surface area contributed by atoms with E-state index in [2.05, 4.69) is 4.99 Å². The highest BCUT2D eigenvalue weighted by molar-refractivity contribution is 6.31. The highest BCUT2D eigenvalue weighted by atomic mass is 35.5. The highest BCUT2D eigenvalue weighted by Crippen LogP contribution is 2.57. The minimum atomic E-state index is -0.867. The molecule has 0 bridgehead atoms. The predicted octanol–water partition coefficient (Wildman–Crippen LogP) is 2.53. The molecule has 0 spiro atoms. The fourth-order valence-corrected chi connectivity index (χ4v) is 2.22. The van der Waals surface area contributed by atoms with Gasteiger partial charge in [-0.15, -0.1) is 0 Å². The maximum Gasteiger partial charge on any atom is 0.235 e. The van der Waals surface area contributed by atoms with Gasteiger partial charge < -0.3 is 9.47 Å².